The molecule has 0 spiro atoms. The lowest BCUT2D eigenvalue weighted by Crippen LogP contribution is -2.31. The number of thiocarbonyl (C=S) groups is 1. The van der Waals surface area contributed by atoms with Gasteiger partial charge in [-0.3, -0.25) is 4.79 Å². The van der Waals surface area contributed by atoms with E-state index in [2.05, 4.69) is 0 Å². The summed E-state index contributed by atoms with van der Waals surface area (Å²) in [5.74, 6) is 1.73. The van der Waals surface area contributed by atoms with Gasteiger partial charge in [-0.15, -0.1) is 0 Å². The number of para-hydroxylation sites is 1. The van der Waals surface area contributed by atoms with Crippen molar-refractivity contribution >= 4 is 34.3 Å². The van der Waals surface area contributed by atoms with Crippen molar-refractivity contribution in [1.29, 1.82) is 0 Å². The summed E-state index contributed by atoms with van der Waals surface area (Å²) in [5, 5.41) is 0.0418. The molecule has 1 aliphatic rings. The van der Waals surface area contributed by atoms with E-state index in [4.69, 9.17) is 21.7 Å². The van der Waals surface area contributed by atoms with E-state index >= 15 is 0 Å². The van der Waals surface area contributed by atoms with E-state index in [9.17, 15) is 4.79 Å². The van der Waals surface area contributed by atoms with Crippen LogP contribution in [0, 0.1) is 0 Å². The Morgan fingerprint density at radius 2 is 1.84 bits per heavy atom. The number of likely N-dealkylation sites (tertiary alicyclic amines) is 1. The van der Waals surface area contributed by atoms with Gasteiger partial charge in [0.25, 0.3) is 0 Å². The monoisotopic (exact) mass is 373 g/mol. The molecule has 1 unspecified atom stereocenters. The van der Waals surface area contributed by atoms with Crippen molar-refractivity contribution in [3.8, 4) is 11.5 Å². The predicted octanol–water partition coefficient (Wildman–Crippen LogP) is 4.59. The number of rotatable bonds is 5. The predicted molar refractivity (Wildman–Crippen MR) is 104 cm³/mol. The van der Waals surface area contributed by atoms with Crippen molar-refractivity contribution < 1.29 is 14.3 Å². The maximum Gasteiger partial charge on any atom is 0.223 e. The molecule has 1 atom stereocenters. The Hall–Kier alpha value is -2.05. The third-order valence-corrected chi connectivity index (χ3v) is 5.50. The Kier molecular flexibility index (Phi) is 5.94. The first-order chi connectivity index (χ1) is 12.2. The van der Waals surface area contributed by atoms with Gasteiger partial charge in [-0.25, -0.2) is 0 Å². The van der Waals surface area contributed by atoms with Gasteiger partial charge in [0, 0.05) is 13.0 Å². The number of carbonyl (C=O) groups excluding carboxylic acids is 1. The van der Waals surface area contributed by atoms with Crippen LogP contribution in [0.1, 0.15) is 18.4 Å². The Morgan fingerprint density at radius 1 is 1.16 bits per heavy atom. The van der Waals surface area contributed by atoms with E-state index in [-0.39, 0.29) is 11.3 Å². The third kappa shape index (κ3) is 4.74. The molecular formula is C19H19NO3S2. The van der Waals surface area contributed by atoms with Gasteiger partial charge < -0.3 is 14.4 Å². The Bertz CT molecular complexity index is 734. The van der Waals surface area contributed by atoms with Gasteiger partial charge in [0.2, 0.25) is 10.3 Å². The number of thioether (sulfide) groups is 1. The Balaban J connectivity index is 1.63. The smallest absolute Gasteiger partial charge is 0.223 e. The van der Waals surface area contributed by atoms with Crippen LogP contribution >= 0.6 is 24.0 Å². The quantitative estimate of drug-likeness (QED) is 0.717. The SMILES string of the molecule is COC(=S)SC1CCC(=O)N1Cc1ccc(Oc2ccccc2)cc1. The molecule has 6 heteroatoms. The summed E-state index contributed by atoms with van der Waals surface area (Å²) in [6.45, 7) is 0.564. The summed E-state index contributed by atoms with van der Waals surface area (Å²) in [4.78, 5) is 14.0. The van der Waals surface area contributed by atoms with Crippen LogP contribution in [0.3, 0.4) is 0 Å². The molecule has 1 heterocycles. The normalized spacial score (nSPS) is 16.8. The van der Waals surface area contributed by atoms with Crippen LogP contribution in [0.4, 0.5) is 0 Å². The lowest BCUT2D eigenvalue weighted by atomic mass is 10.2. The number of benzene rings is 2. The zero-order valence-corrected chi connectivity index (χ0v) is 15.5. The molecule has 2 aromatic carbocycles. The molecule has 0 aliphatic carbocycles. The van der Waals surface area contributed by atoms with Gasteiger partial charge in [0.05, 0.1) is 12.5 Å². The second kappa shape index (κ2) is 8.36. The van der Waals surface area contributed by atoms with Gasteiger partial charge in [0.15, 0.2) is 0 Å². The molecule has 130 valence electrons. The van der Waals surface area contributed by atoms with Gasteiger partial charge in [-0.2, -0.15) is 0 Å². The molecule has 0 saturated carbocycles. The van der Waals surface area contributed by atoms with E-state index in [1.807, 2.05) is 59.5 Å². The second-order valence-corrected chi connectivity index (χ2v) is 7.43. The van der Waals surface area contributed by atoms with E-state index in [1.54, 1.807) is 7.11 Å². The Morgan fingerprint density at radius 3 is 2.52 bits per heavy atom. The fraction of sp³-hybridized carbons (Fsp3) is 0.263. The number of carbonyl (C=O) groups is 1. The summed E-state index contributed by atoms with van der Waals surface area (Å²) >= 11 is 6.55. The van der Waals surface area contributed by atoms with Crippen LogP contribution in [0.2, 0.25) is 0 Å². The molecule has 0 N–H and O–H groups in total. The molecule has 4 nitrogen and oxygen atoms in total. The molecule has 1 amide bonds. The van der Waals surface area contributed by atoms with Gasteiger partial charge >= 0.3 is 0 Å². The molecule has 0 radical (unpaired) electrons. The van der Waals surface area contributed by atoms with Gasteiger partial charge in [0.1, 0.15) is 11.5 Å². The lowest BCUT2D eigenvalue weighted by molar-refractivity contribution is -0.128. The summed E-state index contributed by atoms with van der Waals surface area (Å²) < 4.78 is 11.3. The Labute approximate surface area is 157 Å². The molecular weight excluding hydrogens is 354 g/mol. The molecule has 3 rings (SSSR count). The molecule has 1 fully saturated rings. The number of ether oxygens (including phenoxy) is 2. The molecule has 0 bridgehead atoms. The summed E-state index contributed by atoms with van der Waals surface area (Å²) in [7, 11) is 1.56. The van der Waals surface area contributed by atoms with Crippen LogP contribution in [0.25, 0.3) is 0 Å². The summed E-state index contributed by atoms with van der Waals surface area (Å²) in [6.07, 6.45) is 1.35. The fourth-order valence-corrected chi connectivity index (χ4v) is 3.87. The molecule has 1 saturated heterocycles. The van der Waals surface area contributed by atoms with Crippen LogP contribution in [-0.4, -0.2) is 27.7 Å². The summed E-state index contributed by atoms with van der Waals surface area (Å²) in [5.41, 5.74) is 1.06. The van der Waals surface area contributed by atoms with E-state index < -0.39 is 0 Å². The molecule has 0 aromatic heterocycles. The number of amides is 1. The number of hydrogen-bond donors (Lipinski definition) is 0. The molecule has 2 aromatic rings. The first-order valence-corrected chi connectivity index (χ1v) is 9.30. The standard InChI is InChI=1S/C19H19NO3S2/c1-22-19(24)25-18-12-11-17(21)20(18)13-14-7-9-16(10-8-14)23-15-5-3-2-4-6-15/h2-10,18H,11-13H2,1H3. The minimum Gasteiger partial charge on any atom is -0.482 e. The first kappa shape index (κ1) is 17.8. The highest BCUT2D eigenvalue weighted by Crippen LogP contribution is 2.31. The highest BCUT2D eigenvalue weighted by molar-refractivity contribution is 8.23. The van der Waals surface area contributed by atoms with Gasteiger partial charge in [-0.05, 0) is 48.5 Å². The number of hydrogen-bond acceptors (Lipinski definition) is 5. The highest BCUT2D eigenvalue weighted by atomic mass is 32.2. The topological polar surface area (TPSA) is 38.8 Å². The van der Waals surface area contributed by atoms with Gasteiger partial charge in [-0.1, -0.05) is 42.1 Å². The van der Waals surface area contributed by atoms with Crippen molar-refractivity contribution in [3.05, 3.63) is 60.2 Å². The maximum atomic E-state index is 12.2. The fourth-order valence-electron chi connectivity index (χ4n) is 2.66. The van der Waals surface area contributed by atoms with Crippen LogP contribution in [-0.2, 0) is 16.1 Å². The van der Waals surface area contributed by atoms with E-state index in [1.165, 1.54) is 11.8 Å². The van der Waals surface area contributed by atoms with E-state index in [0.717, 1.165) is 23.5 Å². The van der Waals surface area contributed by atoms with Crippen LogP contribution in [0.15, 0.2) is 54.6 Å². The maximum absolute atomic E-state index is 12.2. The zero-order valence-electron chi connectivity index (χ0n) is 13.9. The van der Waals surface area contributed by atoms with Crippen molar-refractivity contribution in [2.75, 3.05) is 7.11 Å². The van der Waals surface area contributed by atoms with Crippen LogP contribution < -0.4 is 4.74 Å². The minimum absolute atomic E-state index is 0.0418. The third-order valence-electron chi connectivity index (χ3n) is 3.93. The zero-order chi connectivity index (χ0) is 17.6. The minimum atomic E-state index is 0.0418. The number of nitrogens with zero attached hydrogens (tertiary/aromatic N) is 1. The average molecular weight is 373 g/mol. The van der Waals surface area contributed by atoms with Crippen molar-refractivity contribution in [1.82, 2.24) is 4.90 Å². The largest absolute Gasteiger partial charge is 0.482 e. The molecule has 1 aliphatic heterocycles. The first-order valence-electron chi connectivity index (χ1n) is 8.01. The van der Waals surface area contributed by atoms with Crippen LogP contribution in [0.5, 0.6) is 11.5 Å². The number of methoxy groups -OCH3 is 1. The summed E-state index contributed by atoms with van der Waals surface area (Å²) in [6, 6.07) is 17.5. The highest BCUT2D eigenvalue weighted by Gasteiger charge is 2.32. The second-order valence-electron chi connectivity index (χ2n) is 5.65. The van der Waals surface area contributed by atoms with Crippen molar-refractivity contribution in [3.63, 3.8) is 0 Å². The van der Waals surface area contributed by atoms with Crippen molar-refractivity contribution in [2.45, 2.75) is 24.8 Å². The van der Waals surface area contributed by atoms with Crippen molar-refractivity contribution in [2.24, 2.45) is 0 Å². The molecule has 25 heavy (non-hydrogen) atoms. The lowest BCUT2D eigenvalue weighted by Gasteiger charge is -2.24. The van der Waals surface area contributed by atoms with E-state index in [0.29, 0.717) is 17.3 Å². The average Bonchev–Trinajstić information content (AvgIpc) is 2.97.